The summed E-state index contributed by atoms with van der Waals surface area (Å²) in [5.41, 5.74) is 1.15. The van der Waals surface area contributed by atoms with E-state index in [9.17, 15) is 4.79 Å². The lowest BCUT2D eigenvalue weighted by molar-refractivity contribution is 0.253. The van der Waals surface area contributed by atoms with Gasteiger partial charge in [-0.2, -0.15) is 5.26 Å². The molecule has 1 aromatic carbocycles. The zero-order chi connectivity index (χ0) is 12.0. The number of hydrogen-bond donors (Lipinski definition) is 2. The smallest absolute Gasteiger partial charge is 0.319 e. The van der Waals surface area contributed by atoms with Crippen molar-refractivity contribution in [2.24, 2.45) is 0 Å². The van der Waals surface area contributed by atoms with Crippen LogP contribution in [-0.2, 0) is 0 Å². The highest BCUT2D eigenvalue weighted by Crippen LogP contribution is 2.08. The van der Waals surface area contributed by atoms with Crippen LogP contribution in [-0.4, -0.2) is 12.6 Å². The first-order chi connectivity index (χ1) is 7.61. The van der Waals surface area contributed by atoms with Crippen molar-refractivity contribution >= 4 is 23.3 Å². The van der Waals surface area contributed by atoms with Crippen LogP contribution in [0.4, 0.5) is 10.5 Å². The fourth-order valence-electron chi connectivity index (χ4n) is 0.980. The van der Waals surface area contributed by atoms with Crippen molar-refractivity contribution in [3.63, 3.8) is 0 Å². The third-order valence-electron chi connectivity index (χ3n) is 1.71. The van der Waals surface area contributed by atoms with Gasteiger partial charge in [-0.3, -0.25) is 0 Å². The van der Waals surface area contributed by atoms with Crippen molar-refractivity contribution in [3.8, 4) is 6.07 Å². The number of nitrogens with one attached hydrogen (secondary N) is 2. The SMILES string of the molecule is C=C(Cl)CNC(=O)Nc1ccc(C#N)cc1. The Kier molecular flexibility index (Phi) is 4.37. The van der Waals surface area contributed by atoms with Gasteiger partial charge in [0.05, 0.1) is 18.2 Å². The number of nitrogens with zero attached hydrogens (tertiary/aromatic N) is 1. The number of carbonyl (C=O) groups excluding carboxylic acids is 1. The minimum atomic E-state index is -0.369. The first kappa shape index (κ1) is 12.1. The van der Waals surface area contributed by atoms with Gasteiger partial charge >= 0.3 is 6.03 Å². The molecule has 0 heterocycles. The van der Waals surface area contributed by atoms with E-state index in [-0.39, 0.29) is 12.6 Å². The van der Waals surface area contributed by atoms with Crippen LogP contribution in [0.5, 0.6) is 0 Å². The summed E-state index contributed by atoms with van der Waals surface area (Å²) in [6.45, 7) is 3.66. The number of anilines is 1. The maximum Gasteiger partial charge on any atom is 0.319 e. The molecule has 0 atom stereocenters. The van der Waals surface area contributed by atoms with E-state index >= 15 is 0 Å². The molecule has 0 aliphatic carbocycles. The molecular formula is C11H10ClN3O. The Hall–Kier alpha value is -1.99. The molecule has 4 nitrogen and oxygen atoms in total. The van der Waals surface area contributed by atoms with E-state index in [0.29, 0.717) is 16.3 Å². The molecule has 1 aromatic rings. The van der Waals surface area contributed by atoms with Crippen molar-refractivity contribution in [3.05, 3.63) is 41.4 Å². The van der Waals surface area contributed by atoms with Crippen LogP contribution in [0.25, 0.3) is 0 Å². The fourth-order valence-corrected chi connectivity index (χ4v) is 1.05. The van der Waals surface area contributed by atoms with Gasteiger partial charge in [0, 0.05) is 10.7 Å². The van der Waals surface area contributed by atoms with Gasteiger partial charge in [0.15, 0.2) is 0 Å². The van der Waals surface area contributed by atoms with E-state index in [4.69, 9.17) is 16.9 Å². The van der Waals surface area contributed by atoms with Crippen molar-refractivity contribution in [1.82, 2.24) is 5.32 Å². The maximum atomic E-state index is 11.3. The minimum absolute atomic E-state index is 0.212. The second-order valence-electron chi connectivity index (χ2n) is 3.01. The Morgan fingerprint density at radius 2 is 2.06 bits per heavy atom. The van der Waals surface area contributed by atoms with Gasteiger partial charge in [0.2, 0.25) is 0 Å². The summed E-state index contributed by atoms with van der Waals surface area (Å²) in [4.78, 5) is 11.3. The highest BCUT2D eigenvalue weighted by Gasteiger charge is 2.00. The van der Waals surface area contributed by atoms with Gasteiger partial charge in [0.25, 0.3) is 0 Å². The number of rotatable bonds is 3. The predicted molar refractivity (Wildman–Crippen MR) is 63.2 cm³/mol. The molecule has 0 aromatic heterocycles. The lowest BCUT2D eigenvalue weighted by Gasteiger charge is -2.06. The van der Waals surface area contributed by atoms with Crippen LogP contribution in [0.3, 0.4) is 0 Å². The number of amides is 2. The largest absolute Gasteiger partial charge is 0.333 e. The molecule has 16 heavy (non-hydrogen) atoms. The lowest BCUT2D eigenvalue weighted by Crippen LogP contribution is -2.29. The van der Waals surface area contributed by atoms with E-state index in [0.717, 1.165) is 0 Å². The molecule has 1 rings (SSSR count). The molecule has 2 N–H and O–H groups in total. The summed E-state index contributed by atoms with van der Waals surface area (Å²) in [5, 5.41) is 14.0. The van der Waals surface area contributed by atoms with Crippen LogP contribution in [0.2, 0.25) is 0 Å². The van der Waals surface area contributed by atoms with Crippen LogP contribution in [0.1, 0.15) is 5.56 Å². The maximum absolute atomic E-state index is 11.3. The van der Waals surface area contributed by atoms with Gasteiger partial charge in [-0.15, -0.1) is 0 Å². The topological polar surface area (TPSA) is 64.9 Å². The van der Waals surface area contributed by atoms with Gasteiger partial charge in [0.1, 0.15) is 0 Å². The number of halogens is 1. The van der Waals surface area contributed by atoms with Crippen molar-refractivity contribution in [2.45, 2.75) is 0 Å². The Labute approximate surface area is 98.5 Å². The van der Waals surface area contributed by atoms with Crippen LogP contribution >= 0.6 is 11.6 Å². The predicted octanol–water partition coefficient (Wildman–Crippen LogP) is 2.43. The standard InChI is InChI=1S/C11H10ClN3O/c1-8(12)7-14-11(16)15-10-4-2-9(6-13)3-5-10/h2-5H,1,7H2,(H2,14,15,16). The van der Waals surface area contributed by atoms with Crippen molar-refractivity contribution < 1.29 is 4.79 Å². The molecule has 0 fully saturated rings. The molecule has 82 valence electrons. The third kappa shape index (κ3) is 4.03. The van der Waals surface area contributed by atoms with Gasteiger partial charge in [-0.1, -0.05) is 18.2 Å². The molecule has 0 saturated heterocycles. The molecule has 0 spiro atoms. The van der Waals surface area contributed by atoms with Crippen molar-refractivity contribution in [1.29, 1.82) is 5.26 Å². The monoisotopic (exact) mass is 235 g/mol. The number of carbonyl (C=O) groups is 1. The fraction of sp³-hybridized carbons (Fsp3) is 0.0909. The summed E-state index contributed by atoms with van der Waals surface area (Å²) in [5.74, 6) is 0. The number of nitriles is 1. The quantitative estimate of drug-likeness (QED) is 0.845. The molecule has 0 aliphatic rings. The van der Waals surface area contributed by atoms with E-state index in [1.54, 1.807) is 24.3 Å². The van der Waals surface area contributed by atoms with Crippen LogP contribution < -0.4 is 10.6 Å². The molecule has 0 radical (unpaired) electrons. The number of urea groups is 1. The zero-order valence-electron chi connectivity index (χ0n) is 8.46. The zero-order valence-corrected chi connectivity index (χ0v) is 9.21. The summed E-state index contributed by atoms with van der Waals surface area (Å²) in [6, 6.07) is 8.16. The first-order valence-electron chi connectivity index (χ1n) is 4.50. The van der Waals surface area contributed by atoms with E-state index < -0.39 is 0 Å². The molecule has 2 amide bonds. The number of hydrogen-bond acceptors (Lipinski definition) is 2. The van der Waals surface area contributed by atoms with Gasteiger partial charge < -0.3 is 10.6 Å². The Bertz CT molecular complexity index is 434. The summed E-state index contributed by atoms with van der Waals surface area (Å²) < 4.78 is 0. The van der Waals surface area contributed by atoms with Crippen molar-refractivity contribution in [2.75, 3.05) is 11.9 Å². The van der Waals surface area contributed by atoms with Crippen LogP contribution in [0, 0.1) is 11.3 Å². The summed E-state index contributed by atoms with van der Waals surface area (Å²) >= 11 is 5.49. The molecular weight excluding hydrogens is 226 g/mol. The van der Waals surface area contributed by atoms with E-state index in [2.05, 4.69) is 17.2 Å². The Morgan fingerprint density at radius 1 is 1.44 bits per heavy atom. The Morgan fingerprint density at radius 3 is 2.56 bits per heavy atom. The van der Waals surface area contributed by atoms with Gasteiger partial charge in [-0.25, -0.2) is 4.79 Å². The van der Waals surface area contributed by atoms with E-state index in [1.165, 1.54) is 0 Å². The average Bonchev–Trinajstić information content (AvgIpc) is 2.27. The minimum Gasteiger partial charge on any atom is -0.333 e. The average molecular weight is 236 g/mol. The number of benzene rings is 1. The molecule has 0 aliphatic heterocycles. The highest BCUT2D eigenvalue weighted by atomic mass is 35.5. The second-order valence-corrected chi connectivity index (χ2v) is 3.55. The second kappa shape index (κ2) is 5.79. The third-order valence-corrected chi connectivity index (χ3v) is 1.85. The summed E-state index contributed by atoms with van der Waals surface area (Å²) in [7, 11) is 0. The Balaban J connectivity index is 2.50. The molecule has 0 saturated carbocycles. The summed E-state index contributed by atoms with van der Waals surface area (Å²) in [6.07, 6.45) is 0. The molecule has 5 heteroatoms. The van der Waals surface area contributed by atoms with Gasteiger partial charge in [-0.05, 0) is 24.3 Å². The van der Waals surface area contributed by atoms with Crippen LogP contribution in [0.15, 0.2) is 35.9 Å². The molecule has 0 bridgehead atoms. The normalized spacial score (nSPS) is 9.00. The highest BCUT2D eigenvalue weighted by molar-refractivity contribution is 6.29. The first-order valence-corrected chi connectivity index (χ1v) is 4.88. The van der Waals surface area contributed by atoms with E-state index in [1.807, 2.05) is 6.07 Å². The molecule has 0 unspecified atom stereocenters. The lowest BCUT2D eigenvalue weighted by atomic mass is 10.2.